The van der Waals surface area contributed by atoms with Crippen LogP contribution in [0.5, 0.6) is 0 Å². The van der Waals surface area contributed by atoms with Gasteiger partial charge < -0.3 is 20.3 Å². The molecule has 2 amide bonds. The third-order valence-corrected chi connectivity index (χ3v) is 5.23. The number of ether oxygens (including phenoxy) is 1. The third kappa shape index (κ3) is 4.08. The van der Waals surface area contributed by atoms with Crippen molar-refractivity contribution in [2.45, 2.75) is 25.0 Å². The molecule has 0 aromatic heterocycles. The second-order valence-corrected chi connectivity index (χ2v) is 7.15. The van der Waals surface area contributed by atoms with E-state index in [0.717, 1.165) is 6.42 Å². The zero-order chi connectivity index (χ0) is 18.0. The molecular weight excluding hydrogens is 365 g/mol. The summed E-state index contributed by atoms with van der Waals surface area (Å²) in [6, 6.07) is 4.83. The second-order valence-electron chi connectivity index (χ2n) is 6.30. The van der Waals surface area contributed by atoms with Crippen molar-refractivity contribution < 1.29 is 14.3 Å². The number of carbonyl (C=O) groups is 2. The lowest BCUT2D eigenvalue weighted by Crippen LogP contribution is -2.53. The molecule has 0 bridgehead atoms. The van der Waals surface area contributed by atoms with Crippen molar-refractivity contribution in [2.24, 2.45) is 5.73 Å². The Morgan fingerprint density at radius 2 is 1.80 bits per heavy atom. The Kier molecular flexibility index (Phi) is 5.84. The summed E-state index contributed by atoms with van der Waals surface area (Å²) >= 11 is 12.0. The Morgan fingerprint density at radius 1 is 1.12 bits per heavy atom. The third-order valence-electron chi connectivity index (χ3n) is 4.69. The Hall–Kier alpha value is -1.34. The molecule has 136 valence electrons. The zero-order valence-corrected chi connectivity index (χ0v) is 15.3. The topological polar surface area (TPSA) is 75.9 Å². The van der Waals surface area contributed by atoms with Crippen LogP contribution in [-0.2, 0) is 9.53 Å². The zero-order valence-electron chi connectivity index (χ0n) is 13.8. The van der Waals surface area contributed by atoms with Crippen molar-refractivity contribution in [1.29, 1.82) is 0 Å². The van der Waals surface area contributed by atoms with Gasteiger partial charge in [0.05, 0.1) is 16.7 Å². The highest BCUT2D eigenvalue weighted by Gasteiger charge is 2.34. The number of hydrogen-bond acceptors (Lipinski definition) is 4. The first-order chi connectivity index (χ1) is 12.0. The van der Waals surface area contributed by atoms with Crippen LogP contribution in [0.1, 0.15) is 23.2 Å². The monoisotopic (exact) mass is 385 g/mol. The minimum atomic E-state index is -0.401. The van der Waals surface area contributed by atoms with E-state index in [4.69, 9.17) is 33.7 Å². The Morgan fingerprint density at radius 3 is 2.40 bits per heavy atom. The lowest BCUT2D eigenvalue weighted by atomic mass is 10.1. The van der Waals surface area contributed by atoms with E-state index in [1.165, 1.54) is 0 Å². The van der Waals surface area contributed by atoms with Crippen LogP contribution in [0.15, 0.2) is 18.2 Å². The maximum Gasteiger partial charge on any atom is 0.255 e. The van der Waals surface area contributed by atoms with Gasteiger partial charge in [-0.2, -0.15) is 0 Å². The summed E-state index contributed by atoms with van der Waals surface area (Å²) in [5.41, 5.74) is 6.02. The number of halogens is 2. The summed E-state index contributed by atoms with van der Waals surface area (Å²) in [6.45, 7) is 2.35. The van der Waals surface area contributed by atoms with Gasteiger partial charge in [-0.15, -0.1) is 0 Å². The van der Waals surface area contributed by atoms with Crippen LogP contribution in [0.4, 0.5) is 0 Å². The fourth-order valence-electron chi connectivity index (χ4n) is 3.23. The first-order valence-corrected chi connectivity index (χ1v) is 9.14. The number of hydrogen-bond donors (Lipinski definition) is 1. The van der Waals surface area contributed by atoms with Gasteiger partial charge >= 0.3 is 0 Å². The van der Waals surface area contributed by atoms with Crippen molar-refractivity contribution in [1.82, 2.24) is 9.80 Å². The van der Waals surface area contributed by atoms with Gasteiger partial charge in [0.15, 0.2) is 0 Å². The van der Waals surface area contributed by atoms with E-state index in [1.807, 2.05) is 0 Å². The molecule has 2 heterocycles. The number of rotatable bonds is 3. The molecule has 0 aliphatic carbocycles. The summed E-state index contributed by atoms with van der Waals surface area (Å²) in [6.07, 6.45) is 1.10. The van der Waals surface area contributed by atoms with Crippen LogP contribution in [0.2, 0.25) is 10.0 Å². The van der Waals surface area contributed by atoms with Crippen LogP contribution in [0.3, 0.4) is 0 Å². The highest BCUT2D eigenvalue weighted by molar-refractivity contribution is 6.36. The van der Waals surface area contributed by atoms with Gasteiger partial charge in [0.1, 0.15) is 6.10 Å². The largest absolute Gasteiger partial charge is 0.364 e. The van der Waals surface area contributed by atoms with Gasteiger partial charge in [0.25, 0.3) is 11.8 Å². The smallest absolute Gasteiger partial charge is 0.255 e. The molecule has 2 fully saturated rings. The Bertz CT molecular complexity index is 663. The fourth-order valence-corrected chi connectivity index (χ4v) is 3.72. The Labute approximate surface area is 156 Å². The number of amides is 2. The molecule has 2 aliphatic rings. The van der Waals surface area contributed by atoms with Crippen molar-refractivity contribution in [2.75, 3.05) is 32.7 Å². The highest BCUT2D eigenvalue weighted by Crippen LogP contribution is 2.24. The molecule has 25 heavy (non-hydrogen) atoms. The molecule has 2 saturated heterocycles. The second kappa shape index (κ2) is 7.91. The van der Waals surface area contributed by atoms with Crippen molar-refractivity contribution in [3.05, 3.63) is 33.8 Å². The molecule has 0 spiro atoms. The quantitative estimate of drug-likeness (QED) is 0.860. The van der Waals surface area contributed by atoms with Crippen LogP contribution in [0, 0.1) is 0 Å². The molecular formula is C17H21Cl2N3O3. The molecule has 2 N–H and O–H groups in total. The first kappa shape index (κ1) is 18.5. The predicted molar refractivity (Wildman–Crippen MR) is 95.9 cm³/mol. The summed E-state index contributed by atoms with van der Waals surface area (Å²) in [7, 11) is 0. The summed E-state index contributed by atoms with van der Waals surface area (Å²) in [5, 5.41) is 0.826. The van der Waals surface area contributed by atoms with Crippen LogP contribution in [-0.4, -0.2) is 66.5 Å². The summed E-state index contributed by atoms with van der Waals surface area (Å²) in [5.74, 6) is -0.151. The van der Waals surface area contributed by atoms with Gasteiger partial charge in [0, 0.05) is 37.7 Å². The van der Waals surface area contributed by atoms with Crippen LogP contribution in [0.25, 0.3) is 0 Å². The molecule has 2 atom stereocenters. The maximum atomic E-state index is 12.6. The van der Waals surface area contributed by atoms with E-state index in [2.05, 4.69) is 0 Å². The average Bonchev–Trinajstić information content (AvgIpc) is 3.10. The molecule has 0 unspecified atom stereocenters. The van der Waals surface area contributed by atoms with Crippen molar-refractivity contribution in [3.63, 3.8) is 0 Å². The van der Waals surface area contributed by atoms with Crippen LogP contribution < -0.4 is 5.73 Å². The summed E-state index contributed by atoms with van der Waals surface area (Å²) < 4.78 is 5.67. The SMILES string of the molecule is NC[C@H]1CC[C@@H](C(=O)N2CCN(C(=O)c3ccc(Cl)cc3Cl)CC2)O1. The van der Waals surface area contributed by atoms with Gasteiger partial charge in [-0.3, -0.25) is 9.59 Å². The lowest BCUT2D eigenvalue weighted by Gasteiger charge is -2.36. The molecule has 2 aliphatic heterocycles. The molecule has 1 aromatic rings. The van der Waals surface area contributed by atoms with E-state index in [1.54, 1.807) is 28.0 Å². The lowest BCUT2D eigenvalue weighted by molar-refractivity contribution is -0.144. The predicted octanol–water partition coefficient (Wildman–Crippen LogP) is 1.78. The minimum Gasteiger partial charge on any atom is -0.364 e. The molecule has 0 saturated carbocycles. The molecule has 3 rings (SSSR count). The molecule has 8 heteroatoms. The Balaban J connectivity index is 1.56. The van der Waals surface area contributed by atoms with Gasteiger partial charge in [-0.1, -0.05) is 23.2 Å². The average molecular weight is 386 g/mol. The summed E-state index contributed by atoms with van der Waals surface area (Å²) in [4.78, 5) is 28.6. The number of nitrogens with two attached hydrogens (primary N) is 1. The van der Waals surface area contributed by atoms with E-state index in [-0.39, 0.29) is 17.9 Å². The standard InChI is InChI=1S/C17H21Cl2N3O3/c18-11-1-3-13(14(19)9-11)16(23)21-5-7-22(8-6-21)17(24)15-4-2-12(10-20)25-15/h1,3,9,12,15H,2,4-8,10,20H2/t12-,15+/m1/s1. The number of piperazine rings is 1. The van der Waals surface area contributed by atoms with E-state index >= 15 is 0 Å². The maximum absolute atomic E-state index is 12.6. The molecule has 1 aromatic carbocycles. The highest BCUT2D eigenvalue weighted by atomic mass is 35.5. The fraction of sp³-hybridized carbons (Fsp3) is 0.529. The van der Waals surface area contributed by atoms with Crippen molar-refractivity contribution in [3.8, 4) is 0 Å². The first-order valence-electron chi connectivity index (χ1n) is 8.38. The van der Waals surface area contributed by atoms with Gasteiger partial charge in [-0.25, -0.2) is 0 Å². The van der Waals surface area contributed by atoms with Gasteiger partial charge in [0.2, 0.25) is 0 Å². The van der Waals surface area contributed by atoms with Gasteiger partial charge in [-0.05, 0) is 31.0 Å². The van der Waals surface area contributed by atoms with Crippen LogP contribution >= 0.6 is 23.2 Å². The minimum absolute atomic E-state index is 0.00688. The van der Waals surface area contributed by atoms with E-state index < -0.39 is 6.10 Å². The number of carbonyl (C=O) groups excluding carboxylic acids is 2. The number of benzene rings is 1. The van der Waals surface area contributed by atoms with E-state index in [9.17, 15) is 9.59 Å². The molecule has 6 nitrogen and oxygen atoms in total. The normalized spacial score (nSPS) is 23.8. The van der Waals surface area contributed by atoms with Crippen molar-refractivity contribution >= 4 is 35.0 Å². The number of nitrogens with zero attached hydrogens (tertiary/aromatic N) is 2. The molecule has 0 radical (unpaired) electrons. The van der Waals surface area contributed by atoms with E-state index in [0.29, 0.717) is 54.8 Å².